The van der Waals surface area contributed by atoms with Crippen molar-refractivity contribution in [2.75, 3.05) is 32.9 Å². The number of benzene rings is 2. The van der Waals surface area contributed by atoms with Crippen molar-refractivity contribution in [1.29, 1.82) is 0 Å². The summed E-state index contributed by atoms with van der Waals surface area (Å²) in [5, 5.41) is 3.43. The zero-order chi connectivity index (χ0) is 19.8. The molecule has 29 heavy (non-hydrogen) atoms. The number of fused-ring (bicyclic) bond motifs is 1. The van der Waals surface area contributed by atoms with Gasteiger partial charge in [0.25, 0.3) is 0 Å². The molecule has 1 saturated heterocycles. The first-order valence-corrected chi connectivity index (χ1v) is 12.3. The third-order valence-electron chi connectivity index (χ3n) is 7.11. The topological polar surface area (TPSA) is 24.5 Å². The van der Waals surface area contributed by atoms with Crippen LogP contribution in [0.2, 0.25) is 0 Å². The zero-order valence-corrected chi connectivity index (χ0v) is 18.4. The van der Waals surface area contributed by atoms with Crippen LogP contribution in [0.15, 0.2) is 47.4 Å². The van der Waals surface area contributed by atoms with Crippen molar-refractivity contribution in [1.82, 2.24) is 10.2 Å². The number of thioether (sulfide) groups is 1. The molecule has 0 spiro atoms. The van der Waals surface area contributed by atoms with Gasteiger partial charge < -0.3 is 15.0 Å². The van der Waals surface area contributed by atoms with Crippen LogP contribution in [0.4, 0.5) is 0 Å². The molecular weight excluding hydrogens is 376 g/mol. The molecule has 2 aliphatic heterocycles. The third kappa shape index (κ3) is 3.95. The van der Waals surface area contributed by atoms with E-state index >= 15 is 0 Å². The Bertz CT molecular complexity index is 830. The molecule has 1 saturated carbocycles. The van der Waals surface area contributed by atoms with Crippen LogP contribution in [0, 0.1) is 11.8 Å². The quantitative estimate of drug-likeness (QED) is 0.697. The van der Waals surface area contributed by atoms with Gasteiger partial charge in [0.05, 0.1) is 0 Å². The highest BCUT2D eigenvalue weighted by atomic mass is 32.2. The van der Waals surface area contributed by atoms with E-state index in [1.165, 1.54) is 40.8 Å². The summed E-state index contributed by atoms with van der Waals surface area (Å²) >= 11 is 1.80. The van der Waals surface area contributed by atoms with Crippen LogP contribution in [-0.4, -0.2) is 43.9 Å². The van der Waals surface area contributed by atoms with E-state index in [4.69, 9.17) is 4.74 Å². The third-order valence-corrected chi connectivity index (χ3v) is 7.85. The molecule has 3 nitrogen and oxygen atoms in total. The molecule has 2 aromatic rings. The van der Waals surface area contributed by atoms with Gasteiger partial charge in [-0.15, -0.1) is 11.8 Å². The lowest BCUT2D eigenvalue weighted by Crippen LogP contribution is -2.54. The number of hydrogen-bond acceptors (Lipinski definition) is 4. The maximum Gasteiger partial charge on any atom is 0.120 e. The first-order chi connectivity index (χ1) is 14.2. The highest BCUT2D eigenvalue weighted by Crippen LogP contribution is 2.39. The molecule has 2 atom stereocenters. The summed E-state index contributed by atoms with van der Waals surface area (Å²) in [6.45, 7) is 4.31. The van der Waals surface area contributed by atoms with Gasteiger partial charge in [0.1, 0.15) is 11.9 Å². The Hall–Kier alpha value is -1.49. The minimum Gasteiger partial charge on any atom is -0.490 e. The second kappa shape index (κ2) is 8.33. The van der Waals surface area contributed by atoms with Gasteiger partial charge in [0.15, 0.2) is 0 Å². The minimum absolute atomic E-state index is 0.388. The summed E-state index contributed by atoms with van der Waals surface area (Å²) < 4.78 is 6.63. The molecule has 0 aromatic heterocycles. The molecule has 0 amide bonds. The van der Waals surface area contributed by atoms with E-state index in [9.17, 15) is 0 Å². The standard InChI is InChI=1S/C25H32N2OS/c1-27-15-19-12-21(28-25(18-4-3-5-18)20-13-26-14-20)8-11-23(19)24(16-27)17-6-9-22(29-2)10-7-17/h6-12,18,20,24-26H,3-5,13-16H2,1-2H3. The van der Waals surface area contributed by atoms with Crippen LogP contribution in [-0.2, 0) is 6.54 Å². The fourth-order valence-electron chi connectivity index (χ4n) is 5.07. The van der Waals surface area contributed by atoms with E-state index in [2.05, 4.69) is 66.0 Å². The average molecular weight is 409 g/mol. The summed E-state index contributed by atoms with van der Waals surface area (Å²) in [4.78, 5) is 3.77. The average Bonchev–Trinajstić information content (AvgIpc) is 2.64. The van der Waals surface area contributed by atoms with E-state index in [1.807, 2.05) is 0 Å². The van der Waals surface area contributed by atoms with E-state index in [-0.39, 0.29) is 0 Å². The molecule has 154 valence electrons. The van der Waals surface area contributed by atoms with Crippen LogP contribution in [0.1, 0.15) is 41.9 Å². The molecule has 2 unspecified atom stereocenters. The number of ether oxygens (including phenoxy) is 1. The summed E-state index contributed by atoms with van der Waals surface area (Å²) in [5.41, 5.74) is 4.31. The Morgan fingerprint density at radius 1 is 1.07 bits per heavy atom. The summed E-state index contributed by atoms with van der Waals surface area (Å²) in [6.07, 6.45) is 6.57. The molecule has 3 aliphatic rings. The van der Waals surface area contributed by atoms with Crippen molar-refractivity contribution < 1.29 is 4.74 Å². The van der Waals surface area contributed by atoms with Crippen molar-refractivity contribution in [2.24, 2.45) is 11.8 Å². The molecule has 2 fully saturated rings. The predicted octanol–water partition coefficient (Wildman–Crippen LogP) is 4.75. The Balaban J connectivity index is 1.39. The molecule has 0 radical (unpaired) electrons. The summed E-state index contributed by atoms with van der Waals surface area (Å²) in [6, 6.07) is 16.0. The fraction of sp³-hybridized carbons (Fsp3) is 0.520. The van der Waals surface area contributed by atoms with Crippen LogP contribution in [0.3, 0.4) is 0 Å². The summed E-state index contributed by atoms with van der Waals surface area (Å²) in [5.74, 6) is 2.94. The first kappa shape index (κ1) is 19.5. The first-order valence-electron chi connectivity index (χ1n) is 11.0. The Kier molecular flexibility index (Phi) is 5.59. The van der Waals surface area contributed by atoms with Gasteiger partial charge in [0.2, 0.25) is 0 Å². The monoisotopic (exact) mass is 408 g/mol. The molecule has 1 aliphatic carbocycles. The van der Waals surface area contributed by atoms with Gasteiger partial charge >= 0.3 is 0 Å². The van der Waals surface area contributed by atoms with Crippen LogP contribution in [0.5, 0.6) is 5.75 Å². The Morgan fingerprint density at radius 3 is 2.48 bits per heavy atom. The molecule has 2 aromatic carbocycles. The highest BCUT2D eigenvalue weighted by Gasteiger charge is 2.38. The van der Waals surface area contributed by atoms with Gasteiger partial charge in [-0.3, -0.25) is 0 Å². The molecule has 4 heteroatoms. The number of nitrogens with zero attached hydrogens (tertiary/aromatic N) is 1. The molecular formula is C25H32N2OS. The summed E-state index contributed by atoms with van der Waals surface area (Å²) in [7, 11) is 2.23. The molecule has 2 heterocycles. The van der Waals surface area contributed by atoms with Crippen LogP contribution < -0.4 is 10.1 Å². The van der Waals surface area contributed by atoms with Crippen LogP contribution in [0.25, 0.3) is 0 Å². The second-order valence-corrected chi connectivity index (χ2v) is 9.95. The highest BCUT2D eigenvalue weighted by molar-refractivity contribution is 7.98. The van der Waals surface area contributed by atoms with Crippen molar-refractivity contribution in [3.8, 4) is 5.75 Å². The predicted molar refractivity (Wildman–Crippen MR) is 121 cm³/mol. The Labute approximate surface area is 179 Å². The number of nitrogens with one attached hydrogen (secondary N) is 1. The van der Waals surface area contributed by atoms with Crippen molar-refractivity contribution >= 4 is 11.8 Å². The van der Waals surface area contributed by atoms with E-state index < -0.39 is 0 Å². The molecule has 5 rings (SSSR count). The van der Waals surface area contributed by atoms with E-state index in [0.29, 0.717) is 17.9 Å². The van der Waals surface area contributed by atoms with Crippen molar-refractivity contribution in [3.05, 3.63) is 59.2 Å². The van der Waals surface area contributed by atoms with E-state index in [0.717, 1.165) is 37.8 Å². The second-order valence-electron chi connectivity index (χ2n) is 9.07. The maximum atomic E-state index is 6.63. The van der Waals surface area contributed by atoms with Crippen LogP contribution >= 0.6 is 11.8 Å². The smallest absolute Gasteiger partial charge is 0.120 e. The molecule has 0 bridgehead atoms. The number of hydrogen-bond donors (Lipinski definition) is 1. The lowest BCUT2D eigenvalue weighted by Gasteiger charge is -2.42. The SMILES string of the molecule is CSc1ccc(C2CN(C)Cc3cc(OC(C4CCC4)C4CNC4)ccc32)cc1. The van der Waals surface area contributed by atoms with Gasteiger partial charge in [-0.05, 0) is 73.0 Å². The number of likely N-dealkylation sites (N-methyl/N-ethyl adjacent to an activating group) is 1. The molecule has 1 N–H and O–H groups in total. The lowest BCUT2D eigenvalue weighted by atomic mass is 9.75. The maximum absolute atomic E-state index is 6.63. The van der Waals surface area contributed by atoms with E-state index in [1.54, 1.807) is 11.8 Å². The largest absolute Gasteiger partial charge is 0.490 e. The van der Waals surface area contributed by atoms with Gasteiger partial charge in [-0.25, -0.2) is 0 Å². The fourth-order valence-corrected chi connectivity index (χ4v) is 5.47. The zero-order valence-electron chi connectivity index (χ0n) is 17.6. The van der Waals surface area contributed by atoms with Gasteiger partial charge in [-0.2, -0.15) is 0 Å². The van der Waals surface area contributed by atoms with Gasteiger partial charge in [0, 0.05) is 42.9 Å². The Morgan fingerprint density at radius 2 is 1.86 bits per heavy atom. The number of rotatable bonds is 6. The minimum atomic E-state index is 0.388. The lowest BCUT2D eigenvalue weighted by molar-refractivity contribution is 0.0156. The van der Waals surface area contributed by atoms with Gasteiger partial charge in [-0.1, -0.05) is 24.6 Å². The van der Waals surface area contributed by atoms with Crippen molar-refractivity contribution in [2.45, 2.75) is 42.7 Å². The normalized spacial score (nSPS) is 23.7. The van der Waals surface area contributed by atoms with Crippen molar-refractivity contribution in [3.63, 3.8) is 0 Å².